The van der Waals surface area contributed by atoms with E-state index in [9.17, 15) is 4.79 Å². The first kappa shape index (κ1) is 11.3. The highest BCUT2D eigenvalue weighted by Gasteiger charge is 2.09. The van der Waals surface area contributed by atoms with Crippen LogP contribution in [0.3, 0.4) is 0 Å². The van der Waals surface area contributed by atoms with Gasteiger partial charge in [0.1, 0.15) is 11.5 Å². The summed E-state index contributed by atoms with van der Waals surface area (Å²) in [6, 6.07) is 5.07. The first-order valence-corrected chi connectivity index (χ1v) is 5.73. The summed E-state index contributed by atoms with van der Waals surface area (Å²) in [5.74, 6) is 1.13. The predicted molar refractivity (Wildman–Crippen MR) is 70.3 cm³/mol. The molecular formula is C13H11N5O. The van der Waals surface area contributed by atoms with E-state index in [2.05, 4.69) is 19.9 Å². The normalized spacial score (nSPS) is 10.6. The van der Waals surface area contributed by atoms with E-state index in [1.165, 1.54) is 6.07 Å². The second-order valence-electron chi connectivity index (χ2n) is 4.08. The highest BCUT2D eigenvalue weighted by molar-refractivity contribution is 5.58. The summed E-state index contributed by atoms with van der Waals surface area (Å²) in [5.41, 5.74) is 1.08. The van der Waals surface area contributed by atoms with Crippen LogP contribution in [0.25, 0.3) is 22.9 Å². The SMILES string of the molecule is Cn1ccnc1-c1cc(=O)[nH]c(-c2cccnc2)n1. The lowest BCUT2D eigenvalue weighted by atomic mass is 10.2. The Morgan fingerprint density at radius 3 is 2.89 bits per heavy atom. The molecule has 0 aliphatic carbocycles. The largest absolute Gasteiger partial charge is 0.333 e. The van der Waals surface area contributed by atoms with Gasteiger partial charge >= 0.3 is 0 Å². The maximum absolute atomic E-state index is 11.7. The molecule has 19 heavy (non-hydrogen) atoms. The minimum Gasteiger partial charge on any atom is -0.333 e. The molecule has 6 heteroatoms. The lowest BCUT2D eigenvalue weighted by Gasteiger charge is -2.04. The Hall–Kier alpha value is -2.76. The number of aromatic nitrogens is 5. The molecule has 0 aliphatic heterocycles. The summed E-state index contributed by atoms with van der Waals surface area (Å²) in [4.78, 5) is 27.1. The van der Waals surface area contributed by atoms with Crippen LogP contribution < -0.4 is 5.56 Å². The van der Waals surface area contributed by atoms with Crippen molar-refractivity contribution in [1.29, 1.82) is 0 Å². The Labute approximate surface area is 108 Å². The number of pyridine rings is 1. The van der Waals surface area contributed by atoms with Crippen LogP contribution in [0.5, 0.6) is 0 Å². The Kier molecular flexibility index (Phi) is 2.68. The van der Waals surface area contributed by atoms with E-state index in [0.717, 1.165) is 5.56 Å². The lowest BCUT2D eigenvalue weighted by molar-refractivity contribution is 0.914. The number of aryl methyl sites for hydroxylation is 1. The van der Waals surface area contributed by atoms with E-state index in [1.54, 1.807) is 24.7 Å². The molecule has 0 amide bonds. The minimum atomic E-state index is -0.216. The molecule has 1 N–H and O–H groups in total. The number of aromatic amines is 1. The van der Waals surface area contributed by atoms with E-state index in [4.69, 9.17) is 0 Å². The molecule has 6 nitrogen and oxygen atoms in total. The van der Waals surface area contributed by atoms with Crippen molar-refractivity contribution in [2.75, 3.05) is 0 Å². The number of nitrogens with zero attached hydrogens (tertiary/aromatic N) is 4. The van der Waals surface area contributed by atoms with Gasteiger partial charge in [0.2, 0.25) is 0 Å². The second kappa shape index (κ2) is 4.49. The van der Waals surface area contributed by atoms with Crippen LogP contribution in [0.1, 0.15) is 0 Å². The van der Waals surface area contributed by atoms with Crippen LogP contribution in [-0.2, 0) is 7.05 Å². The van der Waals surface area contributed by atoms with Crippen LogP contribution >= 0.6 is 0 Å². The topological polar surface area (TPSA) is 76.5 Å². The first-order chi connectivity index (χ1) is 9.24. The Morgan fingerprint density at radius 1 is 1.32 bits per heavy atom. The van der Waals surface area contributed by atoms with E-state index in [-0.39, 0.29) is 5.56 Å². The van der Waals surface area contributed by atoms with Gasteiger partial charge in [-0.05, 0) is 12.1 Å². The molecule has 0 bridgehead atoms. The molecule has 0 unspecified atom stereocenters. The molecule has 0 atom stereocenters. The molecule has 0 fully saturated rings. The third-order valence-corrected chi connectivity index (χ3v) is 2.73. The average Bonchev–Trinajstić information content (AvgIpc) is 2.85. The van der Waals surface area contributed by atoms with Gasteiger partial charge in [0.05, 0.1) is 0 Å². The Balaban J connectivity index is 2.17. The molecule has 0 saturated heterocycles. The molecule has 0 aliphatic rings. The van der Waals surface area contributed by atoms with E-state index < -0.39 is 0 Å². The zero-order valence-electron chi connectivity index (χ0n) is 10.2. The van der Waals surface area contributed by atoms with Gasteiger partial charge in [-0.2, -0.15) is 0 Å². The standard InChI is InChI=1S/C13H11N5O/c1-18-6-5-15-13(18)10-7-11(19)17-12(16-10)9-3-2-4-14-8-9/h2-8H,1H3,(H,16,17,19). The quantitative estimate of drug-likeness (QED) is 0.745. The van der Waals surface area contributed by atoms with Crippen molar-refractivity contribution in [2.45, 2.75) is 0 Å². The first-order valence-electron chi connectivity index (χ1n) is 5.73. The summed E-state index contributed by atoms with van der Waals surface area (Å²) in [5, 5.41) is 0. The molecule has 3 aromatic heterocycles. The van der Waals surface area contributed by atoms with Crippen LogP contribution in [0.2, 0.25) is 0 Å². The van der Waals surface area contributed by atoms with Crippen LogP contribution in [0.15, 0.2) is 47.8 Å². The summed E-state index contributed by atoms with van der Waals surface area (Å²) < 4.78 is 1.81. The number of imidazole rings is 1. The van der Waals surface area contributed by atoms with Gasteiger partial charge in [-0.3, -0.25) is 9.78 Å². The number of hydrogen-bond acceptors (Lipinski definition) is 4. The lowest BCUT2D eigenvalue weighted by Crippen LogP contribution is -2.10. The minimum absolute atomic E-state index is 0.216. The van der Waals surface area contributed by atoms with Crippen molar-refractivity contribution >= 4 is 0 Å². The van der Waals surface area contributed by atoms with Crippen molar-refractivity contribution in [3.63, 3.8) is 0 Å². The molecule has 0 spiro atoms. The van der Waals surface area contributed by atoms with Crippen LogP contribution in [0.4, 0.5) is 0 Å². The van der Waals surface area contributed by atoms with E-state index in [0.29, 0.717) is 17.3 Å². The van der Waals surface area contributed by atoms with Crippen molar-refractivity contribution < 1.29 is 0 Å². The zero-order valence-corrected chi connectivity index (χ0v) is 10.2. The van der Waals surface area contributed by atoms with E-state index in [1.807, 2.05) is 23.9 Å². The molecule has 3 heterocycles. The van der Waals surface area contributed by atoms with Gasteiger partial charge in [-0.1, -0.05) is 0 Å². The van der Waals surface area contributed by atoms with Gasteiger partial charge in [0.15, 0.2) is 5.82 Å². The van der Waals surface area contributed by atoms with Gasteiger partial charge in [-0.15, -0.1) is 0 Å². The summed E-state index contributed by atoms with van der Waals surface area (Å²) >= 11 is 0. The van der Waals surface area contributed by atoms with Crippen molar-refractivity contribution in [2.24, 2.45) is 7.05 Å². The van der Waals surface area contributed by atoms with Crippen molar-refractivity contribution in [1.82, 2.24) is 24.5 Å². The number of rotatable bonds is 2. The van der Waals surface area contributed by atoms with Gasteiger partial charge < -0.3 is 9.55 Å². The summed E-state index contributed by atoms with van der Waals surface area (Å²) in [7, 11) is 1.86. The fourth-order valence-electron chi connectivity index (χ4n) is 1.82. The third-order valence-electron chi connectivity index (χ3n) is 2.73. The Bertz CT molecular complexity index is 760. The maximum Gasteiger partial charge on any atom is 0.251 e. The number of hydrogen-bond donors (Lipinski definition) is 1. The van der Waals surface area contributed by atoms with E-state index >= 15 is 0 Å². The van der Waals surface area contributed by atoms with Crippen LogP contribution in [-0.4, -0.2) is 24.5 Å². The van der Waals surface area contributed by atoms with Crippen molar-refractivity contribution in [3.05, 3.63) is 53.3 Å². The average molecular weight is 253 g/mol. The van der Waals surface area contributed by atoms with Crippen LogP contribution in [0, 0.1) is 0 Å². The second-order valence-corrected chi connectivity index (χ2v) is 4.08. The molecule has 0 aromatic carbocycles. The van der Waals surface area contributed by atoms with Gasteiger partial charge in [0.25, 0.3) is 5.56 Å². The number of H-pyrrole nitrogens is 1. The molecule has 0 radical (unpaired) electrons. The smallest absolute Gasteiger partial charge is 0.251 e. The monoisotopic (exact) mass is 253 g/mol. The molecule has 94 valence electrons. The molecular weight excluding hydrogens is 242 g/mol. The highest BCUT2D eigenvalue weighted by atomic mass is 16.1. The highest BCUT2D eigenvalue weighted by Crippen LogP contribution is 2.16. The fourth-order valence-corrected chi connectivity index (χ4v) is 1.82. The maximum atomic E-state index is 11.7. The predicted octanol–water partition coefficient (Wildman–Crippen LogP) is 1.23. The summed E-state index contributed by atoms with van der Waals surface area (Å²) in [6.45, 7) is 0. The zero-order chi connectivity index (χ0) is 13.2. The van der Waals surface area contributed by atoms with Gasteiger partial charge in [-0.25, -0.2) is 9.97 Å². The molecule has 3 aromatic rings. The molecule has 0 saturated carbocycles. The third kappa shape index (κ3) is 2.15. The summed E-state index contributed by atoms with van der Waals surface area (Å²) in [6.07, 6.45) is 6.80. The van der Waals surface area contributed by atoms with Gasteiger partial charge in [0, 0.05) is 43.5 Å². The Morgan fingerprint density at radius 2 is 2.21 bits per heavy atom. The number of nitrogens with one attached hydrogen (secondary N) is 1. The fraction of sp³-hybridized carbons (Fsp3) is 0.0769. The molecule has 3 rings (SSSR count). The van der Waals surface area contributed by atoms with Crippen molar-refractivity contribution in [3.8, 4) is 22.9 Å².